The Morgan fingerprint density at radius 1 is 0.958 bits per heavy atom. The number of carbonyl (C=O) groups excluding carboxylic acids is 1. The molecule has 4 nitrogen and oxygen atoms in total. The second-order valence-corrected chi connectivity index (χ2v) is 5.63. The summed E-state index contributed by atoms with van der Waals surface area (Å²) >= 11 is 0. The van der Waals surface area contributed by atoms with Gasteiger partial charge in [0.15, 0.2) is 11.5 Å². The Kier molecular flexibility index (Phi) is 6.67. The largest absolute Gasteiger partial charge is 0.487 e. The van der Waals surface area contributed by atoms with Crippen molar-refractivity contribution in [2.24, 2.45) is 0 Å². The Bertz CT molecular complexity index is 664. The number of aryl methyl sites for hydroxylation is 1. The molecule has 4 heteroatoms. The lowest BCUT2D eigenvalue weighted by Crippen LogP contribution is -2.07. The van der Waals surface area contributed by atoms with E-state index in [0.717, 1.165) is 11.3 Å². The first kappa shape index (κ1) is 17.9. The predicted octanol–water partition coefficient (Wildman–Crippen LogP) is 4.76. The Morgan fingerprint density at radius 2 is 1.58 bits per heavy atom. The summed E-state index contributed by atoms with van der Waals surface area (Å²) < 4.78 is 16.8. The van der Waals surface area contributed by atoms with Gasteiger partial charge in [0.25, 0.3) is 0 Å². The van der Waals surface area contributed by atoms with Gasteiger partial charge in [0.1, 0.15) is 5.75 Å². The smallest absolute Gasteiger partial charge is 0.306 e. The standard InChI is InChI=1S/C20H24O4/c1-4-22-20(21)14-13-16-9-5-6-10-17(16)24-19-12-8-7-11-18(19)23-15(2)3/h5-12,15H,4,13-14H2,1-3H3. The first-order valence-electron chi connectivity index (χ1n) is 8.27. The third-order valence-electron chi connectivity index (χ3n) is 3.31. The van der Waals surface area contributed by atoms with Crippen molar-refractivity contribution in [1.29, 1.82) is 0 Å². The lowest BCUT2D eigenvalue weighted by atomic mass is 10.1. The van der Waals surface area contributed by atoms with Gasteiger partial charge in [0.2, 0.25) is 0 Å². The van der Waals surface area contributed by atoms with Crippen molar-refractivity contribution in [1.82, 2.24) is 0 Å². The Morgan fingerprint density at radius 3 is 2.25 bits per heavy atom. The number of carbonyl (C=O) groups is 1. The molecule has 0 spiro atoms. The van der Waals surface area contributed by atoms with Crippen LogP contribution in [0.1, 0.15) is 32.8 Å². The second-order valence-electron chi connectivity index (χ2n) is 5.63. The van der Waals surface area contributed by atoms with Crippen molar-refractivity contribution in [3.63, 3.8) is 0 Å². The van der Waals surface area contributed by atoms with Crippen LogP contribution in [-0.4, -0.2) is 18.7 Å². The quantitative estimate of drug-likeness (QED) is 0.655. The SMILES string of the molecule is CCOC(=O)CCc1ccccc1Oc1ccccc1OC(C)C. The molecule has 0 atom stereocenters. The van der Waals surface area contributed by atoms with Crippen molar-refractivity contribution < 1.29 is 19.0 Å². The maximum absolute atomic E-state index is 11.6. The molecular formula is C20H24O4. The van der Waals surface area contributed by atoms with Crippen LogP contribution in [0.2, 0.25) is 0 Å². The topological polar surface area (TPSA) is 44.8 Å². The maximum Gasteiger partial charge on any atom is 0.306 e. The molecule has 0 aliphatic rings. The first-order valence-corrected chi connectivity index (χ1v) is 8.27. The molecule has 0 heterocycles. The minimum absolute atomic E-state index is 0.0637. The Labute approximate surface area is 143 Å². The lowest BCUT2D eigenvalue weighted by Gasteiger charge is -2.16. The number of hydrogen-bond donors (Lipinski definition) is 0. The fraction of sp³-hybridized carbons (Fsp3) is 0.350. The molecule has 2 rings (SSSR count). The van der Waals surface area contributed by atoms with Crippen molar-refractivity contribution >= 4 is 5.97 Å². The summed E-state index contributed by atoms with van der Waals surface area (Å²) in [4.78, 5) is 11.6. The predicted molar refractivity (Wildman–Crippen MR) is 93.7 cm³/mol. The van der Waals surface area contributed by atoms with Gasteiger partial charge in [-0.05, 0) is 51.0 Å². The average Bonchev–Trinajstić information content (AvgIpc) is 2.56. The van der Waals surface area contributed by atoms with Gasteiger partial charge in [0, 0.05) is 6.42 Å². The van der Waals surface area contributed by atoms with E-state index in [1.54, 1.807) is 6.92 Å². The third kappa shape index (κ3) is 5.30. The number of ether oxygens (including phenoxy) is 3. The highest BCUT2D eigenvalue weighted by Crippen LogP contribution is 2.33. The van der Waals surface area contributed by atoms with Crippen molar-refractivity contribution in [3.8, 4) is 17.2 Å². The number of hydrogen-bond acceptors (Lipinski definition) is 4. The molecule has 128 valence electrons. The van der Waals surface area contributed by atoms with E-state index in [-0.39, 0.29) is 12.1 Å². The zero-order chi connectivity index (χ0) is 17.4. The highest BCUT2D eigenvalue weighted by molar-refractivity contribution is 5.69. The van der Waals surface area contributed by atoms with Crippen LogP contribution >= 0.6 is 0 Å². The van der Waals surface area contributed by atoms with Crippen LogP contribution in [0, 0.1) is 0 Å². The second kappa shape index (κ2) is 8.96. The molecule has 2 aromatic rings. The Hall–Kier alpha value is -2.49. The molecule has 24 heavy (non-hydrogen) atoms. The highest BCUT2D eigenvalue weighted by Gasteiger charge is 2.11. The average molecular weight is 328 g/mol. The Balaban J connectivity index is 2.14. The molecule has 0 saturated heterocycles. The molecule has 0 bridgehead atoms. The summed E-state index contributed by atoms with van der Waals surface area (Å²) in [5, 5.41) is 0. The van der Waals surface area contributed by atoms with Gasteiger partial charge in [-0.15, -0.1) is 0 Å². The molecule has 0 unspecified atom stereocenters. The zero-order valence-corrected chi connectivity index (χ0v) is 14.5. The minimum Gasteiger partial charge on any atom is -0.487 e. The van der Waals surface area contributed by atoms with E-state index in [1.165, 1.54) is 0 Å². The molecule has 0 aromatic heterocycles. The molecule has 0 N–H and O–H groups in total. The number of esters is 1. The summed E-state index contributed by atoms with van der Waals surface area (Å²) in [6, 6.07) is 15.3. The van der Waals surface area contributed by atoms with E-state index >= 15 is 0 Å². The van der Waals surface area contributed by atoms with Gasteiger partial charge in [0.05, 0.1) is 12.7 Å². The van der Waals surface area contributed by atoms with Crippen LogP contribution in [0.25, 0.3) is 0 Å². The third-order valence-corrected chi connectivity index (χ3v) is 3.31. The first-order chi connectivity index (χ1) is 11.6. The van der Waals surface area contributed by atoms with Crippen LogP contribution in [0.3, 0.4) is 0 Å². The summed E-state index contributed by atoms with van der Waals surface area (Å²) in [5.41, 5.74) is 0.963. The summed E-state index contributed by atoms with van der Waals surface area (Å²) in [7, 11) is 0. The summed E-state index contributed by atoms with van der Waals surface area (Å²) in [6.45, 7) is 6.16. The van der Waals surface area contributed by atoms with E-state index in [0.29, 0.717) is 30.9 Å². The lowest BCUT2D eigenvalue weighted by molar-refractivity contribution is -0.143. The molecule has 0 aliphatic carbocycles. The maximum atomic E-state index is 11.6. The molecule has 0 saturated carbocycles. The normalized spacial score (nSPS) is 10.5. The molecular weight excluding hydrogens is 304 g/mol. The molecule has 0 amide bonds. The molecule has 0 radical (unpaired) electrons. The zero-order valence-electron chi connectivity index (χ0n) is 14.5. The molecule has 2 aromatic carbocycles. The number of para-hydroxylation sites is 3. The number of rotatable bonds is 8. The fourth-order valence-electron chi connectivity index (χ4n) is 2.28. The molecule has 0 aliphatic heterocycles. The van der Waals surface area contributed by atoms with E-state index in [1.807, 2.05) is 62.4 Å². The summed E-state index contributed by atoms with van der Waals surface area (Å²) in [5.74, 6) is 1.89. The fourth-order valence-corrected chi connectivity index (χ4v) is 2.28. The monoisotopic (exact) mass is 328 g/mol. The van der Waals surface area contributed by atoms with Gasteiger partial charge in [-0.25, -0.2) is 0 Å². The number of benzene rings is 2. The van der Waals surface area contributed by atoms with Crippen LogP contribution in [0.5, 0.6) is 17.2 Å². The van der Waals surface area contributed by atoms with Crippen molar-refractivity contribution in [2.75, 3.05) is 6.61 Å². The van der Waals surface area contributed by atoms with Crippen LogP contribution in [-0.2, 0) is 16.0 Å². The summed E-state index contributed by atoms with van der Waals surface area (Å²) in [6.07, 6.45) is 0.967. The van der Waals surface area contributed by atoms with E-state index in [4.69, 9.17) is 14.2 Å². The van der Waals surface area contributed by atoms with E-state index in [2.05, 4.69) is 0 Å². The van der Waals surface area contributed by atoms with Gasteiger partial charge < -0.3 is 14.2 Å². The van der Waals surface area contributed by atoms with Crippen molar-refractivity contribution in [3.05, 3.63) is 54.1 Å². The van der Waals surface area contributed by atoms with Crippen LogP contribution in [0.15, 0.2) is 48.5 Å². The van der Waals surface area contributed by atoms with Gasteiger partial charge in [-0.1, -0.05) is 30.3 Å². The molecule has 0 fully saturated rings. The van der Waals surface area contributed by atoms with Crippen LogP contribution in [0.4, 0.5) is 0 Å². The minimum atomic E-state index is -0.198. The highest BCUT2D eigenvalue weighted by atomic mass is 16.5. The van der Waals surface area contributed by atoms with Gasteiger partial charge in [-0.3, -0.25) is 4.79 Å². The van der Waals surface area contributed by atoms with Gasteiger partial charge >= 0.3 is 5.97 Å². The van der Waals surface area contributed by atoms with E-state index < -0.39 is 0 Å². The van der Waals surface area contributed by atoms with Gasteiger partial charge in [-0.2, -0.15) is 0 Å². The van der Waals surface area contributed by atoms with Crippen molar-refractivity contribution in [2.45, 2.75) is 39.7 Å². The van der Waals surface area contributed by atoms with Crippen LogP contribution < -0.4 is 9.47 Å². The van der Waals surface area contributed by atoms with E-state index in [9.17, 15) is 4.79 Å².